The Bertz CT molecular complexity index is 967. The molecule has 1 aromatic rings. The normalized spacial score (nSPS) is 21.1. The molecule has 0 aromatic heterocycles. The third-order valence-electron chi connectivity index (χ3n) is 5.45. The molecule has 0 radical (unpaired) electrons. The lowest BCUT2D eigenvalue weighted by molar-refractivity contribution is -0.385. The summed E-state index contributed by atoms with van der Waals surface area (Å²) in [5.41, 5.74) is -1.80. The van der Waals surface area contributed by atoms with E-state index in [0.717, 1.165) is 18.1 Å². The molecule has 0 heterocycles. The zero-order valence-corrected chi connectivity index (χ0v) is 17.1. The molecule has 1 fully saturated rings. The fourth-order valence-corrected chi connectivity index (χ4v) is 5.38. The van der Waals surface area contributed by atoms with Crippen molar-refractivity contribution in [3.63, 3.8) is 0 Å². The van der Waals surface area contributed by atoms with Crippen LogP contribution in [0.1, 0.15) is 48.5 Å². The number of alkyl halides is 3. The molecule has 2 aliphatic carbocycles. The van der Waals surface area contributed by atoms with Gasteiger partial charge in [-0.3, -0.25) is 19.7 Å². The SMILES string of the molecule is C=C(C)CCSC1=C(C(=O)c2ccc(C(F)(F)F)cc2[N+](=O)[O-])C(=O)C2CCC1C2. The number of hydrogen-bond acceptors (Lipinski definition) is 5. The van der Waals surface area contributed by atoms with E-state index in [1.807, 2.05) is 6.92 Å². The first-order chi connectivity index (χ1) is 14.0. The van der Waals surface area contributed by atoms with Crippen molar-refractivity contribution in [3.8, 4) is 0 Å². The van der Waals surface area contributed by atoms with Gasteiger partial charge in [0.1, 0.15) is 5.56 Å². The number of allylic oxidation sites excluding steroid dienone is 3. The fraction of sp³-hybridized carbons (Fsp3) is 0.429. The molecule has 1 aromatic carbocycles. The van der Waals surface area contributed by atoms with Crippen LogP contribution >= 0.6 is 11.8 Å². The van der Waals surface area contributed by atoms with Gasteiger partial charge in [-0.15, -0.1) is 18.3 Å². The summed E-state index contributed by atoms with van der Waals surface area (Å²) in [5.74, 6) is -0.913. The first kappa shape index (κ1) is 22.3. The predicted molar refractivity (Wildman–Crippen MR) is 107 cm³/mol. The van der Waals surface area contributed by atoms with Crippen molar-refractivity contribution in [2.24, 2.45) is 11.8 Å². The van der Waals surface area contributed by atoms with Crippen LogP contribution in [-0.4, -0.2) is 22.2 Å². The summed E-state index contributed by atoms with van der Waals surface area (Å²) in [6.45, 7) is 5.70. The minimum absolute atomic E-state index is 0.0234. The largest absolute Gasteiger partial charge is 0.416 e. The van der Waals surface area contributed by atoms with E-state index < -0.39 is 33.7 Å². The fourth-order valence-electron chi connectivity index (χ4n) is 3.92. The Labute approximate surface area is 175 Å². The van der Waals surface area contributed by atoms with Crippen LogP contribution in [0.2, 0.25) is 0 Å². The van der Waals surface area contributed by atoms with E-state index in [-0.39, 0.29) is 23.2 Å². The smallest absolute Gasteiger partial charge is 0.294 e. The average molecular weight is 439 g/mol. The third kappa shape index (κ3) is 4.35. The van der Waals surface area contributed by atoms with Crippen molar-refractivity contribution in [2.45, 2.75) is 38.8 Å². The van der Waals surface area contributed by atoms with Crippen molar-refractivity contribution in [2.75, 3.05) is 5.75 Å². The van der Waals surface area contributed by atoms with Gasteiger partial charge in [-0.25, -0.2) is 0 Å². The van der Waals surface area contributed by atoms with E-state index in [1.54, 1.807) is 0 Å². The number of hydrogen-bond donors (Lipinski definition) is 0. The number of nitrogens with zero attached hydrogens (tertiary/aromatic N) is 1. The molecule has 1 saturated carbocycles. The second-order valence-corrected chi connectivity index (χ2v) is 8.82. The number of rotatable bonds is 7. The lowest BCUT2D eigenvalue weighted by Gasteiger charge is -2.24. The maximum absolute atomic E-state index is 13.2. The first-order valence-electron chi connectivity index (χ1n) is 9.46. The zero-order chi connectivity index (χ0) is 22.2. The van der Waals surface area contributed by atoms with E-state index in [2.05, 4.69) is 6.58 Å². The Morgan fingerprint density at radius 1 is 1.30 bits per heavy atom. The van der Waals surface area contributed by atoms with Crippen molar-refractivity contribution in [3.05, 3.63) is 62.1 Å². The van der Waals surface area contributed by atoms with Gasteiger partial charge < -0.3 is 0 Å². The van der Waals surface area contributed by atoms with Crippen LogP contribution in [0, 0.1) is 22.0 Å². The van der Waals surface area contributed by atoms with Gasteiger partial charge >= 0.3 is 6.18 Å². The van der Waals surface area contributed by atoms with Gasteiger partial charge in [0.2, 0.25) is 5.78 Å². The van der Waals surface area contributed by atoms with Crippen molar-refractivity contribution in [1.82, 2.24) is 0 Å². The summed E-state index contributed by atoms with van der Waals surface area (Å²) < 4.78 is 38.9. The van der Waals surface area contributed by atoms with Crippen LogP contribution in [0.15, 0.2) is 40.8 Å². The lowest BCUT2D eigenvalue weighted by Crippen LogP contribution is -2.27. The molecule has 2 atom stereocenters. The van der Waals surface area contributed by atoms with Crippen molar-refractivity contribution < 1.29 is 27.7 Å². The maximum atomic E-state index is 13.2. The molecule has 3 rings (SSSR count). The number of benzene rings is 1. The van der Waals surface area contributed by atoms with Gasteiger partial charge in [0.25, 0.3) is 5.69 Å². The molecule has 0 spiro atoms. The number of carbonyl (C=O) groups is 2. The minimum atomic E-state index is -4.78. The molecular weight excluding hydrogens is 419 g/mol. The molecule has 5 nitrogen and oxygen atoms in total. The Hall–Kier alpha value is -2.42. The predicted octanol–water partition coefficient (Wildman–Crippen LogP) is 5.75. The van der Waals surface area contributed by atoms with Gasteiger partial charge in [0.15, 0.2) is 5.78 Å². The highest BCUT2D eigenvalue weighted by atomic mass is 32.2. The minimum Gasteiger partial charge on any atom is -0.294 e. The maximum Gasteiger partial charge on any atom is 0.416 e. The molecule has 9 heteroatoms. The number of carbonyl (C=O) groups excluding carboxylic acids is 2. The second kappa shape index (κ2) is 8.37. The van der Waals surface area contributed by atoms with Gasteiger partial charge in [-0.2, -0.15) is 13.2 Å². The van der Waals surface area contributed by atoms with Crippen LogP contribution in [0.4, 0.5) is 18.9 Å². The van der Waals surface area contributed by atoms with Gasteiger partial charge in [-0.05, 0) is 50.7 Å². The van der Waals surface area contributed by atoms with Crippen molar-refractivity contribution >= 4 is 29.0 Å². The summed E-state index contributed by atoms with van der Waals surface area (Å²) in [5, 5.41) is 11.4. The molecule has 0 amide bonds. The summed E-state index contributed by atoms with van der Waals surface area (Å²) in [6, 6.07) is 1.79. The standard InChI is InChI=1S/C21H20F3NO4S/c1-11(2)7-8-30-20-13-4-3-12(9-13)18(26)17(20)19(27)15-6-5-14(21(22,23)24)10-16(15)25(28)29/h5-6,10,12-13H,1,3-4,7-9H2,2H3. The average Bonchev–Trinajstić information content (AvgIpc) is 3.10. The Balaban J connectivity index is 2.07. The van der Waals surface area contributed by atoms with E-state index in [1.165, 1.54) is 11.8 Å². The second-order valence-electron chi connectivity index (χ2n) is 7.68. The molecule has 160 valence electrons. The quantitative estimate of drug-likeness (QED) is 0.178. The molecule has 2 unspecified atom stereocenters. The van der Waals surface area contributed by atoms with Crippen LogP contribution in [0.25, 0.3) is 0 Å². The van der Waals surface area contributed by atoms with Crippen molar-refractivity contribution in [1.29, 1.82) is 0 Å². The highest BCUT2D eigenvalue weighted by Gasteiger charge is 2.44. The summed E-state index contributed by atoms with van der Waals surface area (Å²) >= 11 is 1.37. The van der Waals surface area contributed by atoms with Gasteiger partial charge in [0, 0.05) is 22.6 Å². The molecule has 2 bridgehead atoms. The number of nitro groups is 1. The van der Waals surface area contributed by atoms with Gasteiger partial charge in [-0.1, -0.05) is 5.57 Å². The molecule has 0 saturated heterocycles. The number of thioether (sulfide) groups is 1. The van der Waals surface area contributed by atoms with Crippen LogP contribution < -0.4 is 0 Å². The third-order valence-corrected chi connectivity index (χ3v) is 6.70. The molecule has 2 aliphatic rings. The van der Waals surface area contributed by atoms with Gasteiger partial charge in [0.05, 0.1) is 16.1 Å². The van der Waals surface area contributed by atoms with E-state index in [4.69, 9.17) is 0 Å². The zero-order valence-electron chi connectivity index (χ0n) is 16.3. The lowest BCUT2D eigenvalue weighted by atomic mass is 9.84. The Morgan fingerprint density at radius 2 is 1.97 bits per heavy atom. The van der Waals surface area contributed by atoms with E-state index >= 15 is 0 Å². The van der Waals surface area contributed by atoms with E-state index in [9.17, 15) is 32.9 Å². The Kier molecular flexibility index (Phi) is 6.21. The highest BCUT2D eigenvalue weighted by Crippen LogP contribution is 2.49. The monoisotopic (exact) mass is 439 g/mol. The topological polar surface area (TPSA) is 77.3 Å². The summed E-state index contributed by atoms with van der Waals surface area (Å²) in [7, 11) is 0. The Morgan fingerprint density at radius 3 is 2.57 bits per heavy atom. The highest BCUT2D eigenvalue weighted by molar-refractivity contribution is 8.03. The first-order valence-corrected chi connectivity index (χ1v) is 10.4. The number of nitro benzene ring substituents is 1. The van der Waals surface area contributed by atoms with Crippen LogP contribution in [0.3, 0.4) is 0 Å². The van der Waals surface area contributed by atoms with Crippen LogP contribution in [0.5, 0.6) is 0 Å². The van der Waals surface area contributed by atoms with E-state index in [0.29, 0.717) is 42.1 Å². The molecule has 0 N–H and O–H groups in total. The summed E-state index contributed by atoms with van der Waals surface area (Å²) in [6.07, 6.45) is -2.08. The number of fused-ring (bicyclic) bond motifs is 2. The number of halogens is 3. The number of ketones is 2. The summed E-state index contributed by atoms with van der Waals surface area (Å²) in [4.78, 5) is 37.2. The number of Topliss-reactive ketones (excluding diaryl/α,β-unsaturated/α-hetero) is 2. The molecule has 0 aliphatic heterocycles. The molecule has 30 heavy (non-hydrogen) atoms. The molecular formula is C21H20F3NO4S. The van der Waals surface area contributed by atoms with Crippen LogP contribution in [-0.2, 0) is 11.0 Å².